The van der Waals surface area contributed by atoms with Gasteiger partial charge in [0.1, 0.15) is 22.9 Å². The second-order valence-corrected chi connectivity index (χ2v) is 8.81. The highest BCUT2D eigenvalue weighted by atomic mass is 16.5. The van der Waals surface area contributed by atoms with Gasteiger partial charge in [0.2, 0.25) is 5.91 Å². The number of nitrogens with zero attached hydrogens (tertiary/aromatic N) is 6. The molecule has 1 amide bonds. The first-order chi connectivity index (χ1) is 15.6. The number of hydrogen-bond donors (Lipinski definition) is 1. The molecule has 166 valence electrons. The molecule has 1 saturated carbocycles. The summed E-state index contributed by atoms with van der Waals surface area (Å²) in [6.07, 6.45) is 11.8. The maximum atomic E-state index is 12.9. The zero-order chi connectivity index (χ0) is 22.2. The fourth-order valence-electron chi connectivity index (χ4n) is 4.95. The molecule has 3 aromatic heterocycles. The molecular weight excluding hydrogens is 406 g/mol. The molecule has 4 heterocycles. The average Bonchev–Trinajstić information content (AvgIpc) is 3.57. The van der Waals surface area contributed by atoms with Crippen molar-refractivity contribution < 1.29 is 9.53 Å². The SMILES string of the molecule is COc1cc(-c2cnn([C@H]3CCN(C(=O)C4CCC(N)CC4)C3)c2)cn2ncc(C#N)c12. The Morgan fingerprint density at radius 2 is 1.97 bits per heavy atom. The van der Waals surface area contributed by atoms with E-state index < -0.39 is 0 Å². The molecule has 1 atom stereocenters. The van der Waals surface area contributed by atoms with Crippen molar-refractivity contribution in [3.63, 3.8) is 0 Å². The van der Waals surface area contributed by atoms with E-state index in [-0.39, 0.29) is 23.9 Å². The Hall–Kier alpha value is -3.38. The van der Waals surface area contributed by atoms with Crippen LogP contribution in [0.15, 0.2) is 30.9 Å². The number of methoxy groups -OCH3 is 1. The van der Waals surface area contributed by atoms with Crippen molar-refractivity contribution in [3.05, 3.63) is 36.4 Å². The molecule has 32 heavy (non-hydrogen) atoms. The van der Waals surface area contributed by atoms with Crippen molar-refractivity contribution >= 4 is 11.4 Å². The van der Waals surface area contributed by atoms with Crippen LogP contribution in [0.1, 0.15) is 43.7 Å². The van der Waals surface area contributed by atoms with Gasteiger partial charge in [-0.3, -0.25) is 9.48 Å². The van der Waals surface area contributed by atoms with Crippen LogP contribution < -0.4 is 10.5 Å². The highest BCUT2D eigenvalue weighted by molar-refractivity contribution is 5.79. The first kappa shape index (κ1) is 20.5. The molecule has 0 unspecified atom stereocenters. The minimum absolute atomic E-state index is 0.119. The van der Waals surface area contributed by atoms with Crippen molar-refractivity contribution in [3.8, 4) is 22.9 Å². The summed E-state index contributed by atoms with van der Waals surface area (Å²) in [4.78, 5) is 14.9. The average molecular weight is 434 g/mol. The first-order valence-corrected chi connectivity index (χ1v) is 11.1. The lowest BCUT2D eigenvalue weighted by Crippen LogP contribution is -2.38. The van der Waals surface area contributed by atoms with Crippen LogP contribution in [0.2, 0.25) is 0 Å². The van der Waals surface area contributed by atoms with Gasteiger partial charge in [-0.15, -0.1) is 0 Å². The lowest BCUT2D eigenvalue weighted by Gasteiger charge is -2.28. The summed E-state index contributed by atoms with van der Waals surface area (Å²) in [5, 5.41) is 18.2. The third-order valence-corrected chi connectivity index (χ3v) is 6.82. The number of carbonyl (C=O) groups excluding carboxylic acids is 1. The fraction of sp³-hybridized carbons (Fsp3) is 0.478. The number of rotatable bonds is 4. The molecular formula is C23H27N7O2. The van der Waals surface area contributed by atoms with E-state index in [1.54, 1.807) is 11.6 Å². The van der Waals surface area contributed by atoms with Gasteiger partial charge in [0.05, 0.1) is 25.5 Å². The second kappa shape index (κ2) is 8.28. The lowest BCUT2D eigenvalue weighted by atomic mass is 9.85. The standard InChI is InChI=1S/C23H27N7O2/c1-32-21-8-16(12-30-22(21)17(9-24)10-27-30)18-11-26-29(13-18)20-6-7-28(14-20)23(31)15-2-4-19(25)5-3-15/h8,10-13,15,19-20H,2-7,14,25H2,1H3/t15?,19?,20-/m0/s1. The third-order valence-electron chi connectivity index (χ3n) is 6.82. The summed E-state index contributed by atoms with van der Waals surface area (Å²) in [5.41, 5.74) is 8.95. The van der Waals surface area contributed by atoms with E-state index >= 15 is 0 Å². The van der Waals surface area contributed by atoms with Crippen LogP contribution >= 0.6 is 0 Å². The molecule has 9 heteroatoms. The molecule has 0 radical (unpaired) electrons. The zero-order valence-corrected chi connectivity index (χ0v) is 18.1. The normalized spacial score (nSPS) is 23.4. The van der Waals surface area contributed by atoms with E-state index in [1.807, 2.05) is 34.2 Å². The maximum absolute atomic E-state index is 12.9. The molecule has 0 aromatic carbocycles. The molecule has 2 aliphatic rings. The lowest BCUT2D eigenvalue weighted by molar-refractivity contribution is -0.135. The van der Waals surface area contributed by atoms with Gasteiger partial charge in [-0.25, -0.2) is 4.52 Å². The predicted molar refractivity (Wildman–Crippen MR) is 118 cm³/mol. The maximum Gasteiger partial charge on any atom is 0.225 e. The highest BCUT2D eigenvalue weighted by Gasteiger charge is 2.33. The van der Waals surface area contributed by atoms with E-state index in [9.17, 15) is 10.1 Å². The number of pyridine rings is 1. The van der Waals surface area contributed by atoms with Crippen LogP contribution in [0.25, 0.3) is 16.6 Å². The van der Waals surface area contributed by atoms with Crippen LogP contribution in [0.3, 0.4) is 0 Å². The monoisotopic (exact) mass is 433 g/mol. The van der Waals surface area contributed by atoms with E-state index in [0.717, 1.165) is 49.8 Å². The summed E-state index contributed by atoms with van der Waals surface area (Å²) in [7, 11) is 1.58. The number of fused-ring (bicyclic) bond motifs is 1. The largest absolute Gasteiger partial charge is 0.494 e. The summed E-state index contributed by atoms with van der Waals surface area (Å²) >= 11 is 0. The van der Waals surface area contributed by atoms with Crippen LogP contribution in [-0.4, -0.2) is 56.4 Å². The number of likely N-dealkylation sites (tertiary alicyclic amines) is 1. The van der Waals surface area contributed by atoms with Crippen LogP contribution in [-0.2, 0) is 4.79 Å². The number of amides is 1. The van der Waals surface area contributed by atoms with Crippen molar-refractivity contribution in [2.75, 3.05) is 20.2 Å². The van der Waals surface area contributed by atoms with Gasteiger partial charge in [0, 0.05) is 48.6 Å². The van der Waals surface area contributed by atoms with Gasteiger partial charge in [-0.2, -0.15) is 15.5 Å². The Kier molecular flexibility index (Phi) is 5.31. The summed E-state index contributed by atoms with van der Waals surface area (Å²) in [5.74, 6) is 0.983. The Morgan fingerprint density at radius 1 is 1.16 bits per heavy atom. The molecule has 1 aliphatic heterocycles. The molecule has 2 N–H and O–H groups in total. The van der Waals surface area contributed by atoms with Crippen molar-refractivity contribution in [1.82, 2.24) is 24.3 Å². The van der Waals surface area contributed by atoms with Crippen molar-refractivity contribution in [2.24, 2.45) is 11.7 Å². The molecule has 5 rings (SSSR count). The van der Waals surface area contributed by atoms with E-state index in [1.165, 1.54) is 6.20 Å². The van der Waals surface area contributed by atoms with Gasteiger partial charge in [-0.05, 0) is 38.2 Å². The van der Waals surface area contributed by atoms with Gasteiger partial charge < -0.3 is 15.4 Å². The van der Waals surface area contributed by atoms with Gasteiger partial charge >= 0.3 is 0 Å². The highest BCUT2D eigenvalue weighted by Crippen LogP contribution is 2.32. The number of hydrogen-bond acceptors (Lipinski definition) is 6. The molecule has 0 bridgehead atoms. The Labute approximate surface area is 186 Å². The van der Waals surface area contributed by atoms with E-state index in [4.69, 9.17) is 10.5 Å². The van der Waals surface area contributed by atoms with Gasteiger partial charge in [0.15, 0.2) is 0 Å². The quantitative estimate of drug-likeness (QED) is 0.676. The fourth-order valence-corrected chi connectivity index (χ4v) is 4.95. The summed E-state index contributed by atoms with van der Waals surface area (Å²) < 4.78 is 9.13. The molecule has 1 aliphatic carbocycles. The van der Waals surface area contributed by atoms with Crippen LogP contribution in [0.5, 0.6) is 5.75 Å². The third kappa shape index (κ3) is 3.60. The second-order valence-electron chi connectivity index (χ2n) is 8.81. The molecule has 9 nitrogen and oxygen atoms in total. The molecule has 2 fully saturated rings. The molecule has 1 saturated heterocycles. The molecule has 3 aromatic rings. The smallest absolute Gasteiger partial charge is 0.225 e. The minimum atomic E-state index is 0.119. The van der Waals surface area contributed by atoms with Crippen molar-refractivity contribution in [1.29, 1.82) is 5.26 Å². The number of carbonyl (C=O) groups is 1. The summed E-state index contributed by atoms with van der Waals surface area (Å²) in [6, 6.07) is 4.46. The number of aromatic nitrogens is 4. The van der Waals surface area contributed by atoms with Gasteiger partial charge in [-0.1, -0.05) is 0 Å². The predicted octanol–water partition coefficient (Wildman–Crippen LogP) is 2.37. The minimum Gasteiger partial charge on any atom is -0.494 e. The topological polar surface area (TPSA) is 114 Å². The summed E-state index contributed by atoms with van der Waals surface area (Å²) in [6.45, 7) is 1.46. The first-order valence-electron chi connectivity index (χ1n) is 11.1. The number of ether oxygens (including phenoxy) is 1. The van der Waals surface area contributed by atoms with E-state index in [2.05, 4.69) is 16.3 Å². The van der Waals surface area contributed by atoms with Crippen molar-refractivity contribution in [2.45, 2.75) is 44.2 Å². The van der Waals surface area contributed by atoms with Crippen LogP contribution in [0.4, 0.5) is 0 Å². The molecule has 0 spiro atoms. The van der Waals surface area contributed by atoms with Crippen LogP contribution in [0, 0.1) is 17.2 Å². The Balaban J connectivity index is 1.32. The Bertz CT molecular complexity index is 1180. The number of nitriles is 1. The zero-order valence-electron chi connectivity index (χ0n) is 18.1. The van der Waals surface area contributed by atoms with Gasteiger partial charge in [0.25, 0.3) is 0 Å². The number of nitrogens with two attached hydrogens (primary N) is 1. The van der Waals surface area contributed by atoms with E-state index in [0.29, 0.717) is 23.4 Å². The Morgan fingerprint density at radius 3 is 2.72 bits per heavy atom.